The topological polar surface area (TPSA) is 83.5 Å². The lowest BCUT2D eigenvalue weighted by molar-refractivity contribution is -0.141. The molecule has 5 nitrogen and oxygen atoms in total. The monoisotopic (exact) mass is 297 g/mol. The Labute approximate surface area is 108 Å². The maximum Gasteiger partial charge on any atom is 0.307 e. The van der Waals surface area contributed by atoms with E-state index in [1.165, 1.54) is 26.0 Å². The molecule has 1 rings (SSSR count). The van der Waals surface area contributed by atoms with Crippen molar-refractivity contribution in [1.82, 2.24) is 4.72 Å². The molecule has 1 aromatic rings. The summed E-state index contributed by atoms with van der Waals surface area (Å²) in [5, 5.41) is 8.77. The molecule has 1 heterocycles. The summed E-state index contributed by atoms with van der Waals surface area (Å²) in [5.74, 6) is -1.86. The molecule has 0 aliphatic carbocycles. The summed E-state index contributed by atoms with van der Waals surface area (Å²) in [5.41, 5.74) is 0. The van der Waals surface area contributed by atoms with Gasteiger partial charge in [-0.05, 0) is 19.1 Å². The van der Waals surface area contributed by atoms with Gasteiger partial charge in [0.1, 0.15) is 4.21 Å². The minimum atomic E-state index is -3.70. The van der Waals surface area contributed by atoms with Crippen LogP contribution >= 0.6 is 22.9 Å². The van der Waals surface area contributed by atoms with Crippen LogP contribution in [0.5, 0.6) is 0 Å². The van der Waals surface area contributed by atoms with Gasteiger partial charge in [-0.2, -0.15) is 0 Å². The first-order valence-electron chi connectivity index (χ1n) is 4.74. The number of rotatable bonds is 5. The molecule has 0 saturated carbocycles. The minimum Gasteiger partial charge on any atom is -0.481 e. The van der Waals surface area contributed by atoms with Gasteiger partial charge in [-0.3, -0.25) is 4.79 Å². The lowest BCUT2D eigenvalue weighted by Crippen LogP contribution is -2.39. The molecule has 8 heteroatoms. The molecular weight excluding hydrogens is 286 g/mol. The van der Waals surface area contributed by atoms with Crippen LogP contribution in [0.4, 0.5) is 0 Å². The Kier molecular flexibility index (Phi) is 4.54. The molecule has 2 unspecified atom stereocenters. The number of nitrogens with one attached hydrogen (secondary N) is 1. The average molecular weight is 298 g/mol. The van der Waals surface area contributed by atoms with Crippen molar-refractivity contribution in [2.24, 2.45) is 5.92 Å². The quantitative estimate of drug-likeness (QED) is 0.868. The minimum absolute atomic E-state index is 0.0759. The molecule has 2 atom stereocenters. The molecule has 0 spiro atoms. The zero-order valence-electron chi connectivity index (χ0n) is 9.18. The molecule has 0 fully saturated rings. The van der Waals surface area contributed by atoms with E-state index in [1.807, 2.05) is 0 Å². The fourth-order valence-corrected chi connectivity index (χ4v) is 3.88. The van der Waals surface area contributed by atoms with Crippen LogP contribution in [0.15, 0.2) is 16.3 Å². The highest BCUT2D eigenvalue weighted by Gasteiger charge is 2.26. The highest BCUT2D eigenvalue weighted by atomic mass is 35.5. The van der Waals surface area contributed by atoms with Crippen molar-refractivity contribution in [3.63, 3.8) is 0 Å². The van der Waals surface area contributed by atoms with E-state index in [1.54, 1.807) is 0 Å². The predicted molar refractivity (Wildman–Crippen MR) is 65.9 cm³/mol. The molecule has 0 aliphatic heterocycles. The second kappa shape index (κ2) is 5.34. The number of thiophene rings is 1. The number of halogens is 1. The zero-order chi connectivity index (χ0) is 13.2. The smallest absolute Gasteiger partial charge is 0.307 e. The third-order valence-electron chi connectivity index (χ3n) is 2.29. The molecule has 2 N–H and O–H groups in total. The highest BCUT2D eigenvalue weighted by Crippen LogP contribution is 2.25. The molecule has 0 radical (unpaired) electrons. The Bertz CT molecular complexity index is 511. The number of carboxylic acids is 1. The summed E-state index contributed by atoms with van der Waals surface area (Å²) in [6.07, 6.45) is 0. The van der Waals surface area contributed by atoms with Crippen molar-refractivity contribution in [3.8, 4) is 0 Å². The molecule has 0 saturated heterocycles. The van der Waals surface area contributed by atoms with E-state index >= 15 is 0 Å². The Morgan fingerprint density at radius 3 is 2.47 bits per heavy atom. The van der Waals surface area contributed by atoms with Gasteiger partial charge in [0.25, 0.3) is 0 Å². The van der Waals surface area contributed by atoms with E-state index in [9.17, 15) is 13.2 Å². The van der Waals surface area contributed by atoms with Gasteiger partial charge in [0.05, 0.1) is 10.3 Å². The van der Waals surface area contributed by atoms with Gasteiger partial charge < -0.3 is 5.11 Å². The average Bonchev–Trinajstić information content (AvgIpc) is 2.63. The standard InChI is InChI=1S/C9H12ClNO4S2/c1-5(9(12)13)6(2)11-17(14,15)8-4-3-7(10)16-8/h3-6,11H,1-2H3,(H,12,13). The van der Waals surface area contributed by atoms with E-state index in [2.05, 4.69) is 4.72 Å². The Morgan fingerprint density at radius 1 is 1.47 bits per heavy atom. The van der Waals surface area contributed by atoms with E-state index in [0.717, 1.165) is 11.3 Å². The van der Waals surface area contributed by atoms with Crippen LogP contribution < -0.4 is 4.72 Å². The van der Waals surface area contributed by atoms with Gasteiger partial charge in [0.2, 0.25) is 10.0 Å². The molecular formula is C9H12ClNO4S2. The van der Waals surface area contributed by atoms with Gasteiger partial charge in [0.15, 0.2) is 0 Å². The Hall–Kier alpha value is -0.630. The molecule has 0 amide bonds. The highest BCUT2D eigenvalue weighted by molar-refractivity contribution is 7.91. The molecule has 96 valence electrons. The number of hydrogen-bond donors (Lipinski definition) is 2. The fraction of sp³-hybridized carbons (Fsp3) is 0.444. The van der Waals surface area contributed by atoms with Crippen LogP contribution in [-0.2, 0) is 14.8 Å². The summed E-state index contributed by atoms with van der Waals surface area (Å²) in [7, 11) is -3.70. The largest absolute Gasteiger partial charge is 0.481 e. The van der Waals surface area contributed by atoms with Crippen molar-refractivity contribution in [1.29, 1.82) is 0 Å². The normalized spacial score (nSPS) is 15.5. The maximum absolute atomic E-state index is 11.8. The van der Waals surface area contributed by atoms with Crippen LogP contribution in [-0.4, -0.2) is 25.5 Å². The van der Waals surface area contributed by atoms with E-state index in [-0.39, 0.29) is 4.21 Å². The third kappa shape index (κ3) is 3.67. The SMILES string of the molecule is CC(NS(=O)(=O)c1ccc(Cl)s1)C(C)C(=O)O. The molecule has 0 aromatic carbocycles. The lowest BCUT2D eigenvalue weighted by atomic mass is 10.1. The molecule has 0 bridgehead atoms. The lowest BCUT2D eigenvalue weighted by Gasteiger charge is -2.16. The number of carbonyl (C=O) groups is 1. The van der Waals surface area contributed by atoms with Gasteiger partial charge >= 0.3 is 5.97 Å². The molecule has 1 aromatic heterocycles. The summed E-state index contributed by atoms with van der Waals surface area (Å²) in [6, 6.07) is 2.16. The van der Waals surface area contributed by atoms with Crippen LogP contribution in [0.1, 0.15) is 13.8 Å². The predicted octanol–water partition coefficient (Wildman–Crippen LogP) is 1.79. The van der Waals surface area contributed by atoms with E-state index < -0.39 is 28.0 Å². The number of aliphatic carboxylic acids is 1. The van der Waals surface area contributed by atoms with Crippen molar-refractivity contribution in [3.05, 3.63) is 16.5 Å². The van der Waals surface area contributed by atoms with Crippen molar-refractivity contribution < 1.29 is 18.3 Å². The van der Waals surface area contributed by atoms with E-state index in [0.29, 0.717) is 4.34 Å². The first-order chi connectivity index (χ1) is 7.74. The van der Waals surface area contributed by atoms with Crippen molar-refractivity contribution in [2.45, 2.75) is 24.1 Å². The second-order valence-electron chi connectivity index (χ2n) is 3.60. The van der Waals surface area contributed by atoms with Crippen molar-refractivity contribution >= 4 is 38.9 Å². The zero-order valence-corrected chi connectivity index (χ0v) is 11.6. The van der Waals surface area contributed by atoms with Gasteiger partial charge in [0, 0.05) is 6.04 Å². The Balaban J connectivity index is 2.84. The molecule has 17 heavy (non-hydrogen) atoms. The number of sulfonamides is 1. The fourth-order valence-electron chi connectivity index (χ4n) is 1.06. The van der Waals surface area contributed by atoms with Crippen LogP contribution in [0.25, 0.3) is 0 Å². The number of hydrogen-bond acceptors (Lipinski definition) is 4. The van der Waals surface area contributed by atoms with Crippen LogP contribution in [0.2, 0.25) is 4.34 Å². The number of carboxylic acid groups (broad SMARTS) is 1. The first-order valence-corrected chi connectivity index (χ1v) is 7.42. The molecule has 0 aliphatic rings. The van der Waals surface area contributed by atoms with Crippen LogP contribution in [0.3, 0.4) is 0 Å². The summed E-state index contributed by atoms with van der Waals surface area (Å²) in [6.45, 7) is 2.95. The summed E-state index contributed by atoms with van der Waals surface area (Å²) >= 11 is 6.57. The van der Waals surface area contributed by atoms with E-state index in [4.69, 9.17) is 16.7 Å². The Morgan fingerprint density at radius 2 is 2.06 bits per heavy atom. The summed E-state index contributed by atoms with van der Waals surface area (Å²) < 4.78 is 26.4. The van der Waals surface area contributed by atoms with Gasteiger partial charge in [-0.25, -0.2) is 13.1 Å². The summed E-state index contributed by atoms with van der Waals surface area (Å²) in [4.78, 5) is 10.7. The van der Waals surface area contributed by atoms with Crippen LogP contribution in [0, 0.1) is 5.92 Å². The maximum atomic E-state index is 11.8. The van der Waals surface area contributed by atoms with Gasteiger partial charge in [-0.1, -0.05) is 18.5 Å². The van der Waals surface area contributed by atoms with Gasteiger partial charge in [-0.15, -0.1) is 11.3 Å². The second-order valence-corrected chi connectivity index (χ2v) is 7.25. The third-order valence-corrected chi connectivity index (χ3v) is 5.58. The van der Waals surface area contributed by atoms with Crippen molar-refractivity contribution in [2.75, 3.05) is 0 Å². The first kappa shape index (κ1) is 14.4.